The van der Waals surface area contributed by atoms with E-state index in [9.17, 15) is 28.8 Å². The fraction of sp³-hybridized carbons (Fsp3) is 0.895. The van der Waals surface area contributed by atoms with Gasteiger partial charge in [0.1, 0.15) is 0 Å². The Kier molecular flexibility index (Phi) is 14.9. The first-order valence-electron chi connectivity index (χ1n) is 28.4. The fourth-order valence-corrected chi connectivity index (χ4v) is 14.1. The highest BCUT2D eigenvalue weighted by Crippen LogP contribution is 2.56. The molecule has 12 rings (SSSR count). The van der Waals surface area contributed by atoms with E-state index in [-0.39, 0.29) is 93.6 Å². The maximum absolute atomic E-state index is 12.7. The summed E-state index contributed by atoms with van der Waals surface area (Å²) >= 11 is 0. The third-order valence-corrected chi connectivity index (χ3v) is 20.1. The zero-order valence-corrected chi connectivity index (χ0v) is 46.0. The van der Waals surface area contributed by atoms with Crippen molar-refractivity contribution in [3.63, 3.8) is 0 Å². The van der Waals surface area contributed by atoms with Crippen LogP contribution in [0.4, 0.5) is 0 Å². The second kappa shape index (κ2) is 20.4. The lowest BCUT2D eigenvalue weighted by Gasteiger charge is -2.29. The van der Waals surface area contributed by atoms with E-state index >= 15 is 0 Å². The third-order valence-electron chi connectivity index (χ3n) is 20.1. The number of ether oxygens (including phenoxy) is 12. The summed E-state index contributed by atoms with van der Waals surface area (Å²) in [5.74, 6) is -2.75. The van der Waals surface area contributed by atoms with Crippen molar-refractivity contribution in [2.45, 2.75) is 235 Å². The minimum absolute atomic E-state index is 0.0535. The standard InChI is InChI=1S/C20H30O6.C19H28O6.C18H26O6/c1-11-9-20(4)16(26-20)8-14(11)18(22)24-12(2)17(21)23-10-13-5-6-19(3)15(7-13)25-19;1-4-22-17(21)13-9-19(3)15(25-19)8-12(13)16(20)23-10-11-5-6-18(2)14(7-11)24-18;1-17-5-4-10(6-13(17)23-17)9-22-16(20)11-7-14-18(2,24-14)8-12(11)15(19)21-3/h11-16H,5-10H2,1-4H3;11-15H,4-10H2,1-3H3;10-14H,4-9H2,1-3H3. The van der Waals surface area contributed by atoms with Crippen molar-refractivity contribution in [3.05, 3.63) is 0 Å². The first-order valence-corrected chi connectivity index (χ1v) is 28.4. The van der Waals surface area contributed by atoms with E-state index in [0.29, 0.717) is 94.6 Å². The van der Waals surface area contributed by atoms with Crippen molar-refractivity contribution in [3.8, 4) is 0 Å². The molecule has 6 saturated carbocycles. The lowest BCUT2D eigenvalue weighted by Crippen LogP contribution is -2.41. The van der Waals surface area contributed by atoms with Gasteiger partial charge in [-0.05, 0) is 175 Å². The van der Waals surface area contributed by atoms with E-state index in [1.54, 1.807) is 13.8 Å². The average molecular weight is 1060 g/mol. The molecule has 6 aliphatic carbocycles. The van der Waals surface area contributed by atoms with E-state index < -0.39 is 35.7 Å². The lowest BCUT2D eigenvalue weighted by molar-refractivity contribution is -0.171. The Morgan fingerprint density at radius 1 is 0.453 bits per heavy atom. The molecule has 22 unspecified atom stereocenters. The number of esters is 6. The SMILES string of the molecule is CC(OC(=O)C1CC2OC2(C)CC1C)C(=O)OCC1CCC2(C)OC2C1.CCOC(=O)C1CC2(C)OC2CC1C(=O)OCC1CCC2(C)OC2C1.COC(=O)C1CC2(C)OC2CC1C(=O)OCC1CCC2(C)OC2C1. The number of fused-ring (bicyclic) bond motifs is 6. The highest BCUT2D eigenvalue weighted by molar-refractivity contribution is 5.84. The van der Waals surface area contributed by atoms with Gasteiger partial charge in [0, 0.05) is 0 Å². The van der Waals surface area contributed by atoms with Crippen molar-refractivity contribution in [2.24, 2.45) is 53.3 Å². The molecule has 6 saturated heterocycles. The van der Waals surface area contributed by atoms with Gasteiger partial charge in [-0.15, -0.1) is 0 Å². The molecule has 0 N–H and O–H groups in total. The zero-order valence-electron chi connectivity index (χ0n) is 46.0. The van der Waals surface area contributed by atoms with Crippen molar-refractivity contribution >= 4 is 35.8 Å². The summed E-state index contributed by atoms with van der Waals surface area (Å²) in [6.45, 7) is 19.5. The molecule has 0 aromatic heterocycles. The van der Waals surface area contributed by atoms with Gasteiger partial charge in [-0.25, -0.2) is 4.79 Å². The molecule has 18 nitrogen and oxygen atoms in total. The minimum atomic E-state index is -0.867. The van der Waals surface area contributed by atoms with Crippen LogP contribution in [-0.2, 0) is 85.6 Å². The van der Waals surface area contributed by atoms with E-state index in [0.717, 1.165) is 64.2 Å². The topological polar surface area (TPSA) is 233 Å². The molecule has 12 fully saturated rings. The highest BCUT2D eigenvalue weighted by Gasteiger charge is 2.64. The Balaban J connectivity index is 0.000000128. The quantitative estimate of drug-likeness (QED) is 0.1000. The van der Waals surface area contributed by atoms with Crippen LogP contribution in [-0.4, -0.2) is 146 Å². The molecule has 0 bridgehead atoms. The number of hydrogen-bond acceptors (Lipinski definition) is 18. The average Bonchev–Trinajstić information content (AvgIpc) is 4.06. The van der Waals surface area contributed by atoms with E-state index in [1.807, 2.05) is 13.8 Å². The maximum Gasteiger partial charge on any atom is 0.347 e. The summed E-state index contributed by atoms with van der Waals surface area (Å²) in [7, 11) is 1.36. The first kappa shape index (κ1) is 54.9. The summed E-state index contributed by atoms with van der Waals surface area (Å²) in [5, 5.41) is 0. The van der Waals surface area contributed by atoms with Crippen molar-refractivity contribution in [1.82, 2.24) is 0 Å². The molecule has 75 heavy (non-hydrogen) atoms. The molecule has 0 amide bonds. The lowest BCUT2D eigenvalue weighted by atomic mass is 9.74. The van der Waals surface area contributed by atoms with Gasteiger partial charge in [0.25, 0.3) is 0 Å². The molecular formula is C57H84O18. The van der Waals surface area contributed by atoms with Gasteiger partial charge >= 0.3 is 35.8 Å². The Labute approximate surface area is 441 Å². The molecule has 18 heteroatoms. The molecule has 420 valence electrons. The normalized spacial score (nSPS) is 47.7. The highest BCUT2D eigenvalue weighted by atomic mass is 16.6. The second-order valence-electron chi connectivity index (χ2n) is 26.0. The van der Waals surface area contributed by atoms with Crippen LogP contribution in [0.5, 0.6) is 0 Å². The largest absolute Gasteiger partial charge is 0.469 e. The van der Waals surface area contributed by atoms with E-state index in [2.05, 4.69) is 34.6 Å². The summed E-state index contributed by atoms with van der Waals surface area (Å²) in [6.07, 6.45) is 13.1. The summed E-state index contributed by atoms with van der Waals surface area (Å²) < 4.78 is 66.2. The van der Waals surface area contributed by atoms with E-state index in [4.69, 9.17) is 56.8 Å². The van der Waals surface area contributed by atoms with Gasteiger partial charge in [-0.3, -0.25) is 24.0 Å². The third kappa shape index (κ3) is 11.8. The Bertz CT molecular complexity index is 2220. The minimum Gasteiger partial charge on any atom is -0.469 e. The van der Waals surface area contributed by atoms with Crippen molar-refractivity contribution in [2.75, 3.05) is 33.5 Å². The smallest absolute Gasteiger partial charge is 0.347 e. The van der Waals surface area contributed by atoms with E-state index in [1.165, 1.54) is 7.11 Å². The van der Waals surface area contributed by atoms with Crippen LogP contribution in [0.1, 0.15) is 159 Å². The van der Waals surface area contributed by atoms with Crippen LogP contribution < -0.4 is 0 Å². The first-order chi connectivity index (χ1) is 35.4. The van der Waals surface area contributed by atoms with Gasteiger partial charge in [-0.1, -0.05) is 6.92 Å². The van der Waals surface area contributed by atoms with Crippen LogP contribution >= 0.6 is 0 Å². The predicted molar refractivity (Wildman–Crippen MR) is 263 cm³/mol. The molecular weight excluding hydrogens is 973 g/mol. The number of rotatable bonds is 14. The van der Waals surface area contributed by atoms with Crippen LogP contribution in [0.2, 0.25) is 0 Å². The van der Waals surface area contributed by atoms with Crippen LogP contribution in [0.15, 0.2) is 0 Å². The fourth-order valence-electron chi connectivity index (χ4n) is 14.1. The molecule has 0 aromatic rings. The molecule has 0 spiro atoms. The molecule has 12 aliphatic rings. The number of hydrogen-bond donors (Lipinski definition) is 0. The molecule has 0 radical (unpaired) electrons. The van der Waals surface area contributed by atoms with Crippen molar-refractivity contribution in [1.29, 1.82) is 0 Å². The number of epoxide rings is 6. The van der Waals surface area contributed by atoms with Gasteiger partial charge in [0.15, 0.2) is 6.10 Å². The van der Waals surface area contributed by atoms with Crippen molar-refractivity contribution < 1.29 is 85.6 Å². The Morgan fingerprint density at radius 2 is 0.813 bits per heavy atom. The van der Waals surface area contributed by atoms with Crippen LogP contribution in [0.3, 0.4) is 0 Å². The zero-order chi connectivity index (χ0) is 53.6. The molecule has 6 aliphatic heterocycles. The van der Waals surface area contributed by atoms with Crippen LogP contribution in [0, 0.1) is 53.3 Å². The Morgan fingerprint density at radius 3 is 1.23 bits per heavy atom. The molecule has 22 atom stereocenters. The molecule has 6 heterocycles. The maximum atomic E-state index is 12.7. The van der Waals surface area contributed by atoms with Gasteiger partial charge in [-0.2, -0.15) is 0 Å². The summed E-state index contributed by atoms with van der Waals surface area (Å²) in [6, 6.07) is 0. The summed E-state index contributed by atoms with van der Waals surface area (Å²) in [5.41, 5.74) is -0.373. The Hall–Kier alpha value is -3.42. The van der Waals surface area contributed by atoms with Crippen LogP contribution in [0.25, 0.3) is 0 Å². The second-order valence-corrected chi connectivity index (χ2v) is 26.0. The monoisotopic (exact) mass is 1060 g/mol. The van der Waals surface area contributed by atoms with Gasteiger partial charge in [0.2, 0.25) is 0 Å². The predicted octanol–water partition coefficient (Wildman–Crippen LogP) is 6.70. The van der Waals surface area contributed by atoms with Gasteiger partial charge < -0.3 is 56.8 Å². The molecule has 0 aromatic carbocycles. The number of carbonyl (C=O) groups excluding carboxylic acids is 6. The van der Waals surface area contributed by atoms with Gasteiger partial charge in [0.05, 0.1) is 133 Å². The number of carbonyl (C=O) groups is 6. The summed E-state index contributed by atoms with van der Waals surface area (Å²) in [4.78, 5) is 74.3. The number of methoxy groups -OCH3 is 1.